The Kier molecular flexibility index (Phi) is 33.7. The molecule has 27 heteroatoms. The first kappa shape index (κ1) is 75.0. The van der Waals surface area contributed by atoms with Gasteiger partial charge < -0.3 is 63.9 Å². The first-order valence-corrected chi connectivity index (χ1v) is 28.0. The van der Waals surface area contributed by atoms with E-state index in [4.69, 9.17) is 39.9 Å². The summed E-state index contributed by atoms with van der Waals surface area (Å²) in [7, 11) is -0.471. The maximum atomic E-state index is 13.9. The van der Waals surface area contributed by atoms with Crippen molar-refractivity contribution in [3.63, 3.8) is 0 Å². The highest BCUT2D eigenvalue weighted by Gasteiger charge is 2.51. The zero-order valence-electron chi connectivity index (χ0n) is 44.3. The quantitative estimate of drug-likeness (QED) is 0.0264. The topological polar surface area (TPSA) is 305 Å². The summed E-state index contributed by atoms with van der Waals surface area (Å²) in [5.74, 6) is -2.62. The summed E-state index contributed by atoms with van der Waals surface area (Å²) in [6.07, 6.45) is 11.7. The highest BCUT2D eigenvalue weighted by Crippen LogP contribution is 2.36. The van der Waals surface area contributed by atoms with Gasteiger partial charge in [-0.15, -0.1) is 0 Å². The van der Waals surface area contributed by atoms with E-state index in [0.29, 0.717) is 44.5 Å². The highest BCUT2D eigenvalue weighted by molar-refractivity contribution is 14.1. The molecule has 0 aliphatic carbocycles. The number of benzene rings is 1. The number of hydrogen-bond donors (Lipinski definition) is 7. The number of alkyl halides is 1. The average Bonchev–Trinajstić information content (AvgIpc) is 4.15. The molecule has 0 saturated carbocycles. The fourth-order valence-corrected chi connectivity index (χ4v) is 7.77. The van der Waals surface area contributed by atoms with E-state index < -0.39 is 42.4 Å². The lowest BCUT2D eigenvalue weighted by atomic mass is 9.80. The van der Waals surface area contributed by atoms with Gasteiger partial charge in [0.05, 0.1) is 17.4 Å². The maximum Gasteiger partial charge on any atom is 0.496 e. The number of aromatic amines is 1. The van der Waals surface area contributed by atoms with Crippen molar-refractivity contribution < 1.29 is 47.7 Å². The molecule has 0 unspecified atom stereocenters. The molecule has 1 aliphatic heterocycles. The van der Waals surface area contributed by atoms with Crippen LogP contribution in [0.4, 0.5) is 14.6 Å². The molecule has 1 aliphatic rings. The normalized spacial score (nSPS) is 12.4. The van der Waals surface area contributed by atoms with Crippen LogP contribution in [-0.4, -0.2) is 109 Å². The van der Waals surface area contributed by atoms with Crippen molar-refractivity contribution in [2.75, 3.05) is 36.6 Å². The van der Waals surface area contributed by atoms with Gasteiger partial charge in [0.15, 0.2) is 17.2 Å². The first-order chi connectivity index (χ1) is 38.1. The van der Waals surface area contributed by atoms with Crippen molar-refractivity contribution in [1.82, 2.24) is 39.0 Å². The van der Waals surface area contributed by atoms with Crippen molar-refractivity contribution >= 4 is 78.8 Å². The number of carbonyl (C=O) groups is 1. The van der Waals surface area contributed by atoms with Crippen LogP contribution < -0.4 is 38.8 Å². The van der Waals surface area contributed by atoms with Gasteiger partial charge in [-0.25, -0.2) is 23.7 Å². The minimum atomic E-state index is -0.813. The molecule has 1 saturated heterocycles. The predicted molar refractivity (Wildman–Crippen MR) is 335 cm³/mol. The summed E-state index contributed by atoms with van der Waals surface area (Å²) >= 11 is 8.67. The predicted octanol–water partition coefficient (Wildman–Crippen LogP) is 7.51. The molecule has 8 rings (SSSR count). The number of halogens is 5. The second-order valence-electron chi connectivity index (χ2n) is 18.2. The molecule has 1 aromatic carbocycles. The van der Waals surface area contributed by atoms with E-state index in [-0.39, 0.29) is 105 Å². The number of aryl methyl sites for hydroxylation is 3. The number of amides is 1. The molecule has 6 aromatic heterocycles. The Bertz CT molecular complexity index is 3270. The van der Waals surface area contributed by atoms with Crippen LogP contribution in [0, 0.1) is 11.6 Å². The number of aliphatic hydroxyl groups excluding tert-OH is 4. The standard InChI is InChI=1S/C23H20F2N6O4.C14H22BNO4.C8H10BrNO2.C5H4BrNO.C3H7IO.3CH4/c24-15-3-1-4-16(25)14(15)11-28-22(34)20-21(26)30-19(23-27-7-10-35-23)18(29-20)13-5-6-17(33)31(12-13)8-2-9-32;1-13(2)14(3,4)20-15(19-13)11-6-7-12(18)16(10-11)8-5-9-17;9-7-2-3-8(12)10(6-7)4-1-5-11;6-4-1-2-5(8)7-3-4;4-2-1-3-5;;;/h1,3-7,10,12,32H,2,8-9,11H2,(H2,26,30)(H,28,34);6-7,10,17H,5,8-9H2,1-4H3;2-3,6,11H,1,4-5H2;1-3H,(H,7,8);5H,1-3H2;3*1H4. The molecular formula is C56H75BBr2F2IN9O12. The van der Waals surface area contributed by atoms with Crippen LogP contribution in [0.5, 0.6) is 0 Å². The molecule has 0 bridgehead atoms. The van der Waals surface area contributed by atoms with E-state index >= 15 is 0 Å². The van der Waals surface area contributed by atoms with Crippen LogP contribution in [0.15, 0.2) is 137 Å². The van der Waals surface area contributed by atoms with E-state index in [0.717, 1.165) is 37.4 Å². The Morgan fingerprint density at radius 1 is 0.711 bits per heavy atom. The molecule has 83 heavy (non-hydrogen) atoms. The zero-order valence-corrected chi connectivity index (χ0v) is 49.6. The van der Waals surface area contributed by atoms with Gasteiger partial charge in [0, 0.05) is 126 Å². The van der Waals surface area contributed by atoms with Gasteiger partial charge in [-0.2, -0.15) is 0 Å². The lowest BCUT2D eigenvalue weighted by Gasteiger charge is -2.32. The SMILES string of the molecule is C.C.C.CC1(C)OB(c2ccc(=O)n(CCCO)c2)OC1(C)C.Nc1nc(-c2ncco2)c(-c2ccc(=O)n(CCCO)c2)nc1C(=O)NCc1c(F)cccc1F.O=c1ccc(Br)c[nH]1.O=c1ccc(Br)cn1CCCO.OCCCI. The van der Waals surface area contributed by atoms with Crippen LogP contribution in [0.2, 0.25) is 0 Å². The number of rotatable bonds is 17. The molecule has 7 aromatic rings. The number of aromatic nitrogens is 7. The second-order valence-corrected chi connectivity index (χ2v) is 21.1. The number of H-pyrrole nitrogens is 1. The number of nitrogens with one attached hydrogen (secondary N) is 2. The molecule has 1 fully saturated rings. The average molecular weight is 1400 g/mol. The van der Waals surface area contributed by atoms with Crippen LogP contribution in [0.3, 0.4) is 0 Å². The molecule has 0 radical (unpaired) electrons. The third-order valence-electron chi connectivity index (χ3n) is 11.7. The monoisotopic (exact) mass is 1400 g/mol. The summed E-state index contributed by atoms with van der Waals surface area (Å²) in [6.45, 7) is 9.25. The Hall–Kier alpha value is -6.05. The van der Waals surface area contributed by atoms with Crippen molar-refractivity contribution in [3.05, 3.63) is 177 Å². The summed E-state index contributed by atoms with van der Waals surface area (Å²) in [4.78, 5) is 73.4. The number of carbonyl (C=O) groups excluding carboxylic acids is 1. The zero-order chi connectivity index (χ0) is 59.0. The minimum absolute atomic E-state index is 0. The number of oxazole rings is 1. The van der Waals surface area contributed by atoms with E-state index in [2.05, 4.69) is 79.7 Å². The number of aliphatic hydroxyl groups is 4. The third-order valence-corrected chi connectivity index (χ3v) is 13.4. The minimum Gasteiger partial charge on any atom is -0.443 e. The summed E-state index contributed by atoms with van der Waals surface area (Å²) in [6, 6.07) is 15.8. The number of hydrogen-bond acceptors (Lipinski definition) is 16. The van der Waals surface area contributed by atoms with Gasteiger partial charge in [-0.1, -0.05) is 57.0 Å². The van der Waals surface area contributed by atoms with Crippen LogP contribution >= 0.6 is 54.5 Å². The Balaban J connectivity index is 0.000000603. The lowest BCUT2D eigenvalue weighted by Crippen LogP contribution is -2.41. The Morgan fingerprint density at radius 2 is 1.23 bits per heavy atom. The third kappa shape index (κ3) is 23.2. The van der Waals surface area contributed by atoms with Gasteiger partial charge in [0.1, 0.15) is 23.6 Å². The lowest BCUT2D eigenvalue weighted by molar-refractivity contribution is 0.00578. The fourth-order valence-electron chi connectivity index (χ4n) is 6.80. The second kappa shape index (κ2) is 37.3. The van der Waals surface area contributed by atoms with Crippen molar-refractivity contribution in [3.8, 4) is 22.8 Å². The van der Waals surface area contributed by atoms with Gasteiger partial charge in [0.2, 0.25) is 17.0 Å². The first-order valence-electron chi connectivity index (χ1n) is 24.8. The van der Waals surface area contributed by atoms with Gasteiger partial charge in [-0.3, -0.25) is 24.0 Å². The molecular weight excluding hydrogens is 1330 g/mol. The van der Waals surface area contributed by atoms with E-state index in [1.807, 2.05) is 27.7 Å². The molecule has 8 N–H and O–H groups in total. The van der Waals surface area contributed by atoms with Gasteiger partial charge >= 0.3 is 7.12 Å². The molecule has 21 nitrogen and oxygen atoms in total. The molecule has 0 spiro atoms. The summed E-state index contributed by atoms with van der Waals surface area (Å²) in [5, 5.41) is 37.0. The molecule has 454 valence electrons. The summed E-state index contributed by atoms with van der Waals surface area (Å²) in [5.41, 5.74) is 5.57. The largest absolute Gasteiger partial charge is 0.496 e. The van der Waals surface area contributed by atoms with Crippen molar-refractivity contribution in [1.29, 1.82) is 0 Å². The molecule has 7 heterocycles. The molecule has 0 atom stereocenters. The van der Waals surface area contributed by atoms with Crippen molar-refractivity contribution in [2.24, 2.45) is 0 Å². The van der Waals surface area contributed by atoms with Crippen LogP contribution in [0.1, 0.15) is 91.7 Å². The van der Waals surface area contributed by atoms with E-state index in [1.54, 1.807) is 45.9 Å². The van der Waals surface area contributed by atoms with Crippen molar-refractivity contribution in [2.45, 2.75) is 113 Å². The van der Waals surface area contributed by atoms with E-state index in [9.17, 15) is 32.8 Å². The van der Waals surface area contributed by atoms with E-state index in [1.165, 1.54) is 59.6 Å². The number of nitrogens with two attached hydrogens (primary N) is 1. The number of anilines is 1. The summed E-state index contributed by atoms with van der Waals surface area (Å²) < 4.78 is 52.5. The fraction of sp³-hybridized carbons (Fsp3) is 0.393. The highest BCUT2D eigenvalue weighted by atomic mass is 127. The maximum absolute atomic E-state index is 13.9. The Morgan fingerprint density at radius 3 is 1.71 bits per heavy atom. The number of nitrogen functional groups attached to an aromatic ring is 1. The van der Waals surface area contributed by atoms with Gasteiger partial charge in [-0.05, 0) is 121 Å². The van der Waals surface area contributed by atoms with Crippen LogP contribution in [-0.2, 0) is 35.5 Å². The Labute approximate surface area is 511 Å². The smallest absolute Gasteiger partial charge is 0.443 e. The van der Waals surface area contributed by atoms with Crippen LogP contribution in [0.25, 0.3) is 22.8 Å². The van der Waals surface area contributed by atoms with Gasteiger partial charge in [0.25, 0.3) is 17.0 Å². The molecule has 1 amide bonds. The number of pyridine rings is 4. The number of nitrogens with zero attached hydrogens (tertiary/aromatic N) is 6.